The van der Waals surface area contributed by atoms with Crippen molar-refractivity contribution in [2.24, 2.45) is 12.1 Å². The summed E-state index contributed by atoms with van der Waals surface area (Å²) in [6.45, 7) is 2.53. The summed E-state index contributed by atoms with van der Waals surface area (Å²) in [5.74, 6) is 0.399. The van der Waals surface area contributed by atoms with Crippen molar-refractivity contribution < 1.29 is 0 Å². The van der Waals surface area contributed by atoms with Gasteiger partial charge in [-0.25, -0.2) is 10.2 Å². The molecular formula is C22H22N6O2. The van der Waals surface area contributed by atoms with Crippen LogP contribution in [0.15, 0.2) is 69.3 Å². The molecule has 4 rings (SSSR count). The Balaban J connectivity index is 1.70. The molecule has 0 radical (unpaired) electrons. The van der Waals surface area contributed by atoms with Gasteiger partial charge in [-0.2, -0.15) is 10.1 Å². The average molecular weight is 402 g/mol. The Morgan fingerprint density at radius 1 is 1.10 bits per heavy atom. The van der Waals surface area contributed by atoms with Gasteiger partial charge in [0.25, 0.3) is 5.56 Å². The first-order valence-corrected chi connectivity index (χ1v) is 9.62. The van der Waals surface area contributed by atoms with Crippen molar-refractivity contribution in [2.75, 3.05) is 5.43 Å². The third-order valence-corrected chi connectivity index (χ3v) is 4.93. The largest absolute Gasteiger partial charge is 0.329 e. The molecule has 30 heavy (non-hydrogen) atoms. The Labute approximate surface area is 172 Å². The number of benzene rings is 2. The Morgan fingerprint density at radius 2 is 1.83 bits per heavy atom. The summed E-state index contributed by atoms with van der Waals surface area (Å²) >= 11 is 0. The smallest absolute Gasteiger partial charge is 0.303 e. The maximum absolute atomic E-state index is 12.5. The van der Waals surface area contributed by atoms with Gasteiger partial charge in [-0.05, 0) is 24.5 Å². The molecule has 0 aliphatic carbocycles. The molecule has 0 saturated heterocycles. The van der Waals surface area contributed by atoms with Crippen LogP contribution in [0, 0.1) is 6.92 Å². The molecule has 8 nitrogen and oxygen atoms in total. The predicted octanol–water partition coefficient (Wildman–Crippen LogP) is 2.42. The SMILES string of the molecule is Cc1ccc(/C=N\Nc2nc3c(c(=O)[nH]c(=O)n3C)n2CCc2ccccc2)cc1. The number of aromatic nitrogens is 4. The Hall–Kier alpha value is -3.94. The summed E-state index contributed by atoms with van der Waals surface area (Å²) in [5, 5.41) is 4.28. The van der Waals surface area contributed by atoms with E-state index >= 15 is 0 Å². The second-order valence-corrected chi connectivity index (χ2v) is 7.09. The number of nitrogens with one attached hydrogen (secondary N) is 2. The van der Waals surface area contributed by atoms with Crippen molar-refractivity contribution in [3.05, 3.63) is 92.1 Å². The number of hydrazone groups is 1. The van der Waals surface area contributed by atoms with Gasteiger partial charge < -0.3 is 4.57 Å². The molecule has 0 amide bonds. The Morgan fingerprint density at radius 3 is 2.57 bits per heavy atom. The monoisotopic (exact) mass is 402 g/mol. The molecule has 0 aliphatic heterocycles. The lowest BCUT2D eigenvalue weighted by Gasteiger charge is -2.08. The number of aromatic amines is 1. The third kappa shape index (κ3) is 3.93. The van der Waals surface area contributed by atoms with E-state index in [2.05, 4.69) is 20.5 Å². The number of hydrogen-bond acceptors (Lipinski definition) is 5. The Kier molecular flexibility index (Phi) is 5.30. The molecule has 2 N–H and O–H groups in total. The van der Waals surface area contributed by atoms with E-state index in [4.69, 9.17) is 0 Å². The van der Waals surface area contributed by atoms with Crippen LogP contribution in [0.2, 0.25) is 0 Å². The first kappa shape index (κ1) is 19.4. The van der Waals surface area contributed by atoms with Crippen LogP contribution in [0.3, 0.4) is 0 Å². The lowest BCUT2D eigenvalue weighted by molar-refractivity contribution is 0.716. The van der Waals surface area contributed by atoms with Crippen LogP contribution in [0.25, 0.3) is 11.2 Å². The van der Waals surface area contributed by atoms with Gasteiger partial charge in [0.05, 0.1) is 6.21 Å². The maximum atomic E-state index is 12.5. The highest BCUT2D eigenvalue weighted by Crippen LogP contribution is 2.16. The molecule has 0 bridgehead atoms. The number of aryl methyl sites for hydroxylation is 4. The van der Waals surface area contributed by atoms with Gasteiger partial charge in [0.2, 0.25) is 5.95 Å². The molecule has 8 heteroatoms. The van der Waals surface area contributed by atoms with Gasteiger partial charge in [0.15, 0.2) is 11.2 Å². The van der Waals surface area contributed by atoms with Crippen molar-refractivity contribution >= 4 is 23.3 Å². The zero-order chi connectivity index (χ0) is 21.1. The molecule has 2 heterocycles. The van der Waals surface area contributed by atoms with Crippen LogP contribution in [0.1, 0.15) is 16.7 Å². The summed E-state index contributed by atoms with van der Waals surface area (Å²) in [5.41, 5.74) is 5.84. The van der Waals surface area contributed by atoms with Gasteiger partial charge in [-0.3, -0.25) is 14.3 Å². The van der Waals surface area contributed by atoms with Crippen molar-refractivity contribution in [1.82, 2.24) is 19.1 Å². The second-order valence-electron chi connectivity index (χ2n) is 7.09. The fourth-order valence-corrected chi connectivity index (χ4v) is 3.24. The van der Waals surface area contributed by atoms with Crippen LogP contribution in [-0.2, 0) is 20.0 Å². The van der Waals surface area contributed by atoms with Gasteiger partial charge in [-0.1, -0.05) is 60.2 Å². The molecule has 4 aromatic rings. The van der Waals surface area contributed by atoms with Gasteiger partial charge in [0.1, 0.15) is 0 Å². The molecule has 0 spiro atoms. The molecule has 2 aromatic carbocycles. The van der Waals surface area contributed by atoms with Crippen molar-refractivity contribution in [1.29, 1.82) is 0 Å². The van der Waals surface area contributed by atoms with E-state index in [1.165, 1.54) is 10.1 Å². The molecule has 152 valence electrons. The fourth-order valence-electron chi connectivity index (χ4n) is 3.24. The zero-order valence-electron chi connectivity index (χ0n) is 16.8. The zero-order valence-corrected chi connectivity index (χ0v) is 16.8. The first-order valence-electron chi connectivity index (χ1n) is 9.62. The maximum Gasteiger partial charge on any atom is 0.329 e. The lowest BCUT2D eigenvalue weighted by atomic mass is 10.1. The van der Waals surface area contributed by atoms with E-state index in [0.29, 0.717) is 30.1 Å². The van der Waals surface area contributed by atoms with Gasteiger partial charge >= 0.3 is 5.69 Å². The normalized spacial score (nSPS) is 11.4. The van der Waals surface area contributed by atoms with Crippen LogP contribution in [0.4, 0.5) is 5.95 Å². The summed E-state index contributed by atoms with van der Waals surface area (Å²) in [4.78, 5) is 31.3. The second kappa shape index (κ2) is 8.20. The highest BCUT2D eigenvalue weighted by atomic mass is 16.2. The topological polar surface area (TPSA) is 97.1 Å². The lowest BCUT2D eigenvalue weighted by Crippen LogP contribution is -2.29. The average Bonchev–Trinajstić information content (AvgIpc) is 3.12. The summed E-state index contributed by atoms with van der Waals surface area (Å²) in [6, 6.07) is 17.9. The van der Waals surface area contributed by atoms with E-state index in [1.54, 1.807) is 17.8 Å². The minimum atomic E-state index is -0.505. The number of fused-ring (bicyclic) bond motifs is 1. The minimum Gasteiger partial charge on any atom is -0.303 e. The molecule has 0 aliphatic rings. The van der Waals surface area contributed by atoms with E-state index in [9.17, 15) is 9.59 Å². The Bertz CT molecular complexity index is 1310. The number of rotatable bonds is 6. The fraction of sp³-hybridized carbons (Fsp3) is 0.182. The minimum absolute atomic E-state index is 0.310. The molecule has 0 atom stereocenters. The molecule has 0 fully saturated rings. The number of anilines is 1. The highest BCUT2D eigenvalue weighted by Gasteiger charge is 2.17. The van der Waals surface area contributed by atoms with Gasteiger partial charge in [-0.15, -0.1) is 0 Å². The van der Waals surface area contributed by atoms with Gasteiger partial charge in [0, 0.05) is 13.6 Å². The quantitative estimate of drug-likeness (QED) is 0.382. The highest BCUT2D eigenvalue weighted by molar-refractivity contribution is 5.80. The predicted molar refractivity (Wildman–Crippen MR) is 118 cm³/mol. The summed E-state index contributed by atoms with van der Waals surface area (Å²) in [6.07, 6.45) is 2.38. The molecule has 0 unspecified atom stereocenters. The number of H-pyrrole nitrogens is 1. The number of nitrogens with zero attached hydrogens (tertiary/aromatic N) is 4. The standard InChI is InChI=1S/C22H22N6O2/c1-15-8-10-17(11-9-15)14-23-26-21-24-19-18(20(29)25-22(30)27(19)2)28(21)13-12-16-6-4-3-5-7-16/h3-11,14H,12-13H2,1-2H3,(H,24,26)(H,25,29,30)/b23-14-. The number of hydrogen-bond donors (Lipinski definition) is 2. The molecular weight excluding hydrogens is 380 g/mol. The first-order chi connectivity index (χ1) is 14.5. The van der Waals surface area contributed by atoms with Crippen LogP contribution >= 0.6 is 0 Å². The van der Waals surface area contributed by atoms with E-state index in [1.807, 2.05) is 61.5 Å². The van der Waals surface area contributed by atoms with Crippen LogP contribution < -0.4 is 16.7 Å². The van der Waals surface area contributed by atoms with Crippen molar-refractivity contribution in [2.45, 2.75) is 19.9 Å². The summed E-state index contributed by atoms with van der Waals surface area (Å²) in [7, 11) is 1.58. The van der Waals surface area contributed by atoms with Crippen LogP contribution in [-0.4, -0.2) is 25.3 Å². The van der Waals surface area contributed by atoms with Crippen LogP contribution in [0.5, 0.6) is 0 Å². The summed E-state index contributed by atoms with van der Waals surface area (Å²) < 4.78 is 3.08. The molecule has 2 aromatic heterocycles. The van der Waals surface area contributed by atoms with Crippen molar-refractivity contribution in [3.8, 4) is 0 Å². The molecule has 0 saturated carbocycles. The van der Waals surface area contributed by atoms with E-state index < -0.39 is 11.2 Å². The number of imidazole rings is 1. The van der Waals surface area contributed by atoms with E-state index in [0.717, 1.165) is 11.1 Å². The third-order valence-electron chi connectivity index (χ3n) is 4.93. The van der Waals surface area contributed by atoms with Crippen molar-refractivity contribution in [3.63, 3.8) is 0 Å². The van der Waals surface area contributed by atoms with E-state index in [-0.39, 0.29) is 0 Å².